The third-order valence-corrected chi connectivity index (χ3v) is 6.51. The molecule has 0 aliphatic carbocycles. The summed E-state index contributed by atoms with van der Waals surface area (Å²) in [7, 11) is -3.44. The molecular formula is C26H19CuN4O2S. The molecule has 0 fully saturated rings. The van der Waals surface area contributed by atoms with Gasteiger partial charge in [0.25, 0.3) is 0 Å². The number of nitrogens with one attached hydrogen (secondary N) is 2. The zero-order valence-corrected chi connectivity index (χ0v) is 19.5. The van der Waals surface area contributed by atoms with Crippen molar-refractivity contribution in [2.45, 2.75) is 4.90 Å². The van der Waals surface area contributed by atoms with Crippen molar-refractivity contribution in [3.8, 4) is 0 Å². The van der Waals surface area contributed by atoms with E-state index in [1.165, 1.54) is 12.1 Å². The monoisotopic (exact) mass is 514 g/mol. The zero-order valence-electron chi connectivity index (χ0n) is 17.7. The van der Waals surface area contributed by atoms with Crippen molar-refractivity contribution in [2.24, 2.45) is 0 Å². The van der Waals surface area contributed by atoms with Gasteiger partial charge >= 0.3 is 66.8 Å². The van der Waals surface area contributed by atoms with Gasteiger partial charge in [-0.25, -0.2) is 9.97 Å². The fourth-order valence-electron chi connectivity index (χ4n) is 3.52. The molecule has 2 aliphatic heterocycles. The van der Waals surface area contributed by atoms with Gasteiger partial charge in [-0.2, -0.15) is 0 Å². The minimum atomic E-state index is -3.44. The molecule has 172 valence electrons. The first-order valence-corrected chi connectivity index (χ1v) is 12.9. The van der Waals surface area contributed by atoms with E-state index in [0.29, 0.717) is 0 Å². The van der Waals surface area contributed by atoms with Crippen molar-refractivity contribution in [3.05, 3.63) is 102 Å². The van der Waals surface area contributed by atoms with Gasteiger partial charge < -0.3 is 9.97 Å². The van der Waals surface area contributed by atoms with Crippen molar-refractivity contribution in [3.63, 3.8) is 0 Å². The topological polar surface area (TPSA) is 91.5 Å². The Labute approximate surface area is 203 Å². The number of fused-ring (bicyclic) bond motifs is 8. The summed E-state index contributed by atoms with van der Waals surface area (Å²) < 4.78 is 21.3. The first-order chi connectivity index (χ1) is 16.4. The number of benzene rings is 1. The zero-order chi connectivity index (χ0) is 23.5. The molecular weight excluding hydrogens is 496 g/mol. The van der Waals surface area contributed by atoms with Crippen molar-refractivity contribution in [1.29, 1.82) is 0 Å². The van der Waals surface area contributed by atoms with Crippen LogP contribution >= 0.6 is 0 Å². The summed E-state index contributed by atoms with van der Waals surface area (Å²) in [6, 6.07) is 24.3. The second kappa shape index (κ2) is 9.27. The molecule has 8 bridgehead atoms. The van der Waals surface area contributed by atoms with E-state index in [0.717, 1.165) is 44.8 Å². The van der Waals surface area contributed by atoms with Crippen LogP contribution in [0.2, 0.25) is 0 Å². The van der Waals surface area contributed by atoms with Crippen LogP contribution in [-0.4, -0.2) is 28.4 Å². The first kappa shape index (κ1) is 22.1. The van der Waals surface area contributed by atoms with Crippen LogP contribution in [0.4, 0.5) is 0 Å². The molecule has 0 unspecified atom stereocenters. The molecule has 5 heterocycles. The average molecular weight is 515 g/mol. The summed E-state index contributed by atoms with van der Waals surface area (Å²) in [4.78, 5) is 16.2. The number of aromatic amines is 2. The predicted molar refractivity (Wildman–Crippen MR) is 132 cm³/mol. The summed E-state index contributed by atoms with van der Waals surface area (Å²) in [6.45, 7) is 0. The van der Waals surface area contributed by atoms with E-state index in [4.69, 9.17) is 0 Å². The number of nitrogens with zero attached hydrogens (tertiary/aromatic N) is 2. The van der Waals surface area contributed by atoms with Crippen LogP contribution in [-0.2, 0) is 23.1 Å². The molecule has 3 aromatic heterocycles. The van der Waals surface area contributed by atoms with Gasteiger partial charge in [-0.05, 0) is 72.8 Å². The third kappa shape index (κ3) is 5.43. The van der Waals surface area contributed by atoms with Crippen LogP contribution in [0.5, 0.6) is 0 Å². The molecule has 2 N–H and O–H groups in total. The Kier molecular flexibility index (Phi) is 6.02. The van der Waals surface area contributed by atoms with E-state index in [1.54, 1.807) is 18.2 Å². The van der Waals surface area contributed by atoms with Crippen molar-refractivity contribution in [2.75, 3.05) is 0 Å². The molecule has 1 aromatic carbocycles. The Bertz CT molecular complexity index is 1510. The minimum absolute atomic E-state index is 0.176. The van der Waals surface area contributed by atoms with Gasteiger partial charge in [0.15, 0.2) is 0 Å². The van der Waals surface area contributed by atoms with Crippen LogP contribution in [0.3, 0.4) is 0 Å². The van der Waals surface area contributed by atoms with Gasteiger partial charge in [-0.15, -0.1) is 0 Å². The van der Waals surface area contributed by atoms with Crippen LogP contribution in [0.1, 0.15) is 22.8 Å². The summed E-state index contributed by atoms with van der Waals surface area (Å²) in [6.07, 6.45) is 8.09. The molecule has 8 heteroatoms. The maximum atomic E-state index is 10.6. The van der Waals surface area contributed by atoms with Crippen LogP contribution in [0.25, 0.3) is 46.4 Å². The molecule has 2 aliphatic rings. The van der Waals surface area contributed by atoms with E-state index < -0.39 is 8.26 Å². The summed E-state index contributed by atoms with van der Waals surface area (Å²) >= 11 is 4.37. The van der Waals surface area contributed by atoms with E-state index >= 15 is 0 Å². The molecule has 0 radical (unpaired) electrons. The molecule has 34 heavy (non-hydrogen) atoms. The Morgan fingerprint density at radius 2 is 0.912 bits per heavy atom. The predicted octanol–water partition coefficient (Wildman–Crippen LogP) is 5.58. The van der Waals surface area contributed by atoms with Gasteiger partial charge in [0.2, 0.25) is 0 Å². The standard InChI is InChI=1S/C20H14N4.C6H5O2S.Cu/c1-2-14-10-16-5-6-18(23-16)12-20-8-7-19(24-20)11-17-4-3-15(22-17)9-13(1)21-14;7-9(8)6-4-2-1-3-5-6;/h1-12,21,24H;1-5H;. The number of hydrogen-bond acceptors (Lipinski definition) is 4. The summed E-state index contributed by atoms with van der Waals surface area (Å²) in [5.41, 5.74) is 7.86. The quantitative estimate of drug-likeness (QED) is 0.280. The number of H-pyrrole nitrogens is 2. The van der Waals surface area contributed by atoms with Crippen molar-refractivity contribution in [1.82, 2.24) is 19.9 Å². The fraction of sp³-hybridized carbons (Fsp3) is 0. The molecule has 4 aromatic rings. The van der Waals surface area contributed by atoms with Crippen molar-refractivity contribution >= 4 is 54.6 Å². The van der Waals surface area contributed by atoms with Crippen LogP contribution in [0.15, 0.2) is 83.8 Å². The van der Waals surface area contributed by atoms with E-state index in [1.807, 2.05) is 48.6 Å². The Morgan fingerprint density at radius 3 is 1.21 bits per heavy atom. The second-order valence-corrected chi connectivity index (χ2v) is 10.4. The van der Waals surface area contributed by atoms with Gasteiger partial charge in [0.05, 0.1) is 22.8 Å². The Hall–Kier alpha value is -3.71. The average Bonchev–Trinajstić information content (AvgIpc) is 3.60. The van der Waals surface area contributed by atoms with Gasteiger partial charge in [0, 0.05) is 22.1 Å². The third-order valence-electron chi connectivity index (χ3n) is 5.05. The molecule has 0 spiro atoms. The number of rotatable bonds is 1. The Balaban J connectivity index is 0.000000204. The van der Waals surface area contributed by atoms with E-state index in [2.05, 4.69) is 59.1 Å². The summed E-state index contributed by atoms with van der Waals surface area (Å²) in [5, 5.41) is 0. The maximum absolute atomic E-state index is 10.6. The van der Waals surface area contributed by atoms with E-state index in [9.17, 15) is 8.42 Å². The number of hydrogen-bond donors (Lipinski definition) is 2. The number of aromatic nitrogens is 4. The van der Waals surface area contributed by atoms with Crippen LogP contribution < -0.4 is 0 Å². The normalized spacial score (nSPS) is 12.3. The molecule has 0 saturated heterocycles. The van der Waals surface area contributed by atoms with Gasteiger partial charge in [-0.1, -0.05) is 0 Å². The molecule has 6 nitrogen and oxygen atoms in total. The summed E-state index contributed by atoms with van der Waals surface area (Å²) in [5.74, 6) is 0. The Morgan fingerprint density at radius 1 is 0.559 bits per heavy atom. The SMILES string of the molecule is C1=Cc2cc3ccc(cc4nc(cc5ccc(cc1n2)[nH]5)C=C4)[nH]3.O=[S](=O)([Cu])c1ccccc1. The van der Waals surface area contributed by atoms with Crippen molar-refractivity contribution < 1.29 is 23.3 Å². The van der Waals surface area contributed by atoms with Gasteiger partial charge in [-0.3, -0.25) is 0 Å². The van der Waals surface area contributed by atoms with Gasteiger partial charge in [0.1, 0.15) is 0 Å². The molecule has 0 amide bonds. The van der Waals surface area contributed by atoms with E-state index in [-0.39, 0.29) is 4.90 Å². The first-order valence-electron chi connectivity index (χ1n) is 10.4. The van der Waals surface area contributed by atoms with Crippen LogP contribution in [0, 0.1) is 0 Å². The molecule has 6 rings (SSSR count). The fourth-order valence-corrected chi connectivity index (χ4v) is 4.36. The second-order valence-electron chi connectivity index (χ2n) is 7.61. The molecule has 0 atom stereocenters. The molecule has 0 saturated carbocycles.